The van der Waals surface area contributed by atoms with Gasteiger partial charge in [-0.1, -0.05) is 0 Å². The monoisotopic (exact) mass is 367 g/mol. The number of amides is 1. The van der Waals surface area contributed by atoms with E-state index in [0.29, 0.717) is 24.5 Å². The van der Waals surface area contributed by atoms with Crippen molar-refractivity contribution in [2.45, 2.75) is 13.0 Å². The Hall–Kier alpha value is -2.35. The number of nitrogens with one attached hydrogen (secondary N) is 1. The van der Waals surface area contributed by atoms with Crippen molar-refractivity contribution >= 4 is 15.7 Å². The summed E-state index contributed by atoms with van der Waals surface area (Å²) < 4.78 is 46.5. The molecule has 1 unspecified atom stereocenters. The van der Waals surface area contributed by atoms with Gasteiger partial charge < -0.3 is 14.5 Å². The molecule has 1 saturated heterocycles. The highest BCUT2D eigenvalue weighted by Crippen LogP contribution is 2.18. The molecule has 1 fully saturated rings. The Morgan fingerprint density at radius 1 is 1.24 bits per heavy atom. The van der Waals surface area contributed by atoms with Gasteiger partial charge in [-0.05, 0) is 48.7 Å². The van der Waals surface area contributed by atoms with Gasteiger partial charge in [0, 0.05) is 6.54 Å². The molecule has 1 amide bonds. The Kier molecular flexibility index (Phi) is 5.08. The van der Waals surface area contributed by atoms with Crippen LogP contribution in [0.3, 0.4) is 0 Å². The molecule has 2 heterocycles. The largest absolute Gasteiger partial charge is 0.486 e. The highest BCUT2D eigenvalue weighted by atomic mass is 32.2. The van der Waals surface area contributed by atoms with E-state index in [1.54, 1.807) is 6.07 Å². The molecular weight excluding hydrogens is 349 g/mol. The Morgan fingerprint density at radius 2 is 2.00 bits per heavy atom. The molecule has 6 nitrogen and oxygen atoms in total. The minimum atomic E-state index is -2.96. The van der Waals surface area contributed by atoms with Gasteiger partial charge in [-0.25, -0.2) is 12.8 Å². The third-order valence-corrected chi connectivity index (χ3v) is 5.80. The van der Waals surface area contributed by atoms with Crippen LogP contribution in [0.15, 0.2) is 40.8 Å². The molecule has 25 heavy (non-hydrogen) atoms. The van der Waals surface area contributed by atoms with E-state index in [2.05, 4.69) is 5.32 Å². The zero-order valence-electron chi connectivity index (χ0n) is 13.4. The molecule has 3 rings (SSSR count). The number of furan rings is 1. The molecular formula is C17H18FNO5S. The maximum atomic E-state index is 12.8. The summed E-state index contributed by atoms with van der Waals surface area (Å²) in [4.78, 5) is 12.1. The van der Waals surface area contributed by atoms with Gasteiger partial charge in [0.1, 0.15) is 23.9 Å². The van der Waals surface area contributed by atoms with Crippen molar-refractivity contribution in [2.75, 3.05) is 18.1 Å². The number of sulfone groups is 1. The van der Waals surface area contributed by atoms with Crippen LogP contribution in [0.4, 0.5) is 4.39 Å². The van der Waals surface area contributed by atoms with Gasteiger partial charge in [0.15, 0.2) is 15.6 Å². The maximum absolute atomic E-state index is 12.8. The number of hydrogen-bond donors (Lipinski definition) is 1. The van der Waals surface area contributed by atoms with E-state index in [1.165, 1.54) is 30.3 Å². The highest BCUT2D eigenvalue weighted by molar-refractivity contribution is 7.91. The normalized spacial score (nSPS) is 18.8. The fraction of sp³-hybridized carbons (Fsp3) is 0.353. The Bertz CT molecular complexity index is 844. The van der Waals surface area contributed by atoms with Crippen LogP contribution in [0.25, 0.3) is 0 Å². The molecule has 0 aliphatic carbocycles. The molecule has 1 aliphatic rings. The SMILES string of the molecule is O=C(NCC1CCS(=O)(=O)C1)c1ccc(COc2ccc(F)cc2)o1. The number of carbonyl (C=O) groups is 1. The molecule has 134 valence electrons. The van der Waals surface area contributed by atoms with E-state index < -0.39 is 15.7 Å². The Morgan fingerprint density at radius 3 is 2.68 bits per heavy atom. The average molecular weight is 367 g/mol. The van der Waals surface area contributed by atoms with E-state index in [4.69, 9.17) is 9.15 Å². The molecule has 2 aromatic rings. The van der Waals surface area contributed by atoms with E-state index in [9.17, 15) is 17.6 Å². The predicted octanol–water partition coefficient (Wildman–Crippen LogP) is 2.16. The first-order valence-electron chi connectivity index (χ1n) is 7.87. The molecule has 0 radical (unpaired) electrons. The lowest BCUT2D eigenvalue weighted by Crippen LogP contribution is -2.29. The van der Waals surface area contributed by atoms with Gasteiger partial charge in [-0.3, -0.25) is 4.79 Å². The van der Waals surface area contributed by atoms with Crippen LogP contribution in [-0.2, 0) is 16.4 Å². The third kappa shape index (κ3) is 4.82. The van der Waals surface area contributed by atoms with Crippen molar-refractivity contribution in [3.8, 4) is 5.75 Å². The molecule has 1 atom stereocenters. The number of rotatable bonds is 6. The number of hydrogen-bond acceptors (Lipinski definition) is 5. The molecule has 8 heteroatoms. The molecule has 1 aromatic heterocycles. The molecule has 1 N–H and O–H groups in total. The molecule has 0 saturated carbocycles. The van der Waals surface area contributed by atoms with Gasteiger partial charge >= 0.3 is 0 Å². The number of benzene rings is 1. The molecule has 0 bridgehead atoms. The van der Waals surface area contributed by atoms with E-state index in [-0.39, 0.29) is 35.6 Å². The van der Waals surface area contributed by atoms with E-state index in [1.807, 2.05) is 0 Å². The molecule has 1 aliphatic heterocycles. The standard InChI is InChI=1S/C17H18FNO5S/c18-13-1-3-14(4-2-13)23-10-15-5-6-16(24-15)17(20)19-9-12-7-8-25(21,22)11-12/h1-6,12H,7-11H2,(H,19,20). The smallest absolute Gasteiger partial charge is 0.287 e. The van der Waals surface area contributed by atoms with Crippen LogP contribution in [0.1, 0.15) is 22.7 Å². The van der Waals surface area contributed by atoms with Crippen LogP contribution in [0.5, 0.6) is 5.75 Å². The van der Waals surface area contributed by atoms with E-state index in [0.717, 1.165) is 0 Å². The summed E-state index contributed by atoms with van der Waals surface area (Å²) in [7, 11) is -2.96. The van der Waals surface area contributed by atoms with Gasteiger partial charge in [0.25, 0.3) is 5.91 Å². The zero-order valence-corrected chi connectivity index (χ0v) is 14.2. The van der Waals surface area contributed by atoms with Crippen LogP contribution in [0, 0.1) is 11.7 Å². The van der Waals surface area contributed by atoms with Crippen molar-refractivity contribution in [2.24, 2.45) is 5.92 Å². The number of halogens is 1. The summed E-state index contributed by atoms with van der Waals surface area (Å²) in [6.45, 7) is 0.417. The van der Waals surface area contributed by atoms with Crippen LogP contribution < -0.4 is 10.1 Å². The van der Waals surface area contributed by atoms with Gasteiger partial charge in [-0.2, -0.15) is 0 Å². The quantitative estimate of drug-likeness (QED) is 0.846. The summed E-state index contributed by atoms with van der Waals surface area (Å²) in [6, 6.07) is 8.74. The lowest BCUT2D eigenvalue weighted by Gasteiger charge is -2.08. The minimum absolute atomic E-state index is 0.0507. The summed E-state index contributed by atoms with van der Waals surface area (Å²) in [6.07, 6.45) is 0.567. The van der Waals surface area contributed by atoms with Gasteiger partial charge in [0.2, 0.25) is 0 Å². The fourth-order valence-corrected chi connectivity index (χ4v) is 4.48. The first-order chi connectivity index (χ1) is 11.9. The summed E-state index contributed by atoms with van der Waals surface area (Å²) >= 11 is 0. The first-order valence-corrected chi connectivity index (χ1v) is 9.69. The Balaban J connectivity index is 1.48. The summed E-state index contributed by atoms with van der Waals surface area (Å²) in [5.41, 5.74) is 0. The topological polar surface area (TPSA) is 85.6 Å². The second-order valence-electron chi connectivity index (χ2n) is 5.99. The van der Waals surface area contributed by atoms with E-state index >= 15 is 0 Å². The molecule has 1 aromatic carbocycles. The van der Waals surface area contributed by atoms with Crippen molar-refractivity contribution < 1.29 is 26.8 Å². The van der Waals surface area contributed by atoms with Gasteiger partial charge in [-0.15, -0.1) is 0 Å². The van der Waals surface area contributed by atoms with Crippen molar-refractivity contribution in [1.82, 2.24) is 5.32 Å². The predicted molar refractivity (Wildman–Crippen MR) is 88.5 cm³/mol. The fourth-order valence-electron chi connectivity index (χ4n) is 2.62. The van der Waals surface area contributed by atoms with Crippen LogP contribution in [-0.4, -0.2) is 32.4 Å². The summed E-state index contributed by atoms with van der Waals surface area (Å²) in [5, 5.41) is 2.69. The number of ether oxygens (including phenoxy) is 1. The third-order valence-electron chi connectivity index (χ3n) is 3.96. The lowest BCUT2D eigenvalue weighted by molar-refractivity contribution is 0.0916. The first kappa shape index (κ1) is 17.5. The maximum Gasteiger partial charge on any atom is 0.287 e. The second-order valence-corrected chi connectivity index (χ2v) is 8.22. The average Bonchev–Trinajstić information content (AvgIpc) is 3.18. The summed E-state index contributed by atoms with van der Waals surface area (Å²) in [5.74, 6) is 0.589. The highest BCUT2D eigenvalue weighted by Gasteiger charge is 2.28. The van der Waals surface area contributed by atoms with Crippen molar-refractivity contribution in [1.29, 1.82) is 0 Å². The van der Waals surface area contributed by atoms with Crippen molar-refractivity contribution in [3.63, 3.8) is 0 Å². The van der Waals surface area contributed by atoms with Crippen LogP contribution in [0.2, 0.25) is 0 Å². The lowest BCUT2D eigenvalue weighted by atomic mass is 10.1. The minimum Gasteiger partial charge on any atom is -0.486 e. The van der Waals surface area contributed by atoms with Crippen LogP contribution >= 0.6 is 0 Å². The van der Waals surface area contributed by atoms with Crippen molar-refractivity contribution in [3.05, 3.63) is 53.7 Å². The Labute approximate surface area is 144 Å². The second kappa shape index (κ2) is 7.26. The van der Waals surface area contributed by atoms with Gasteiger partial charge in [0.05, 0.1) is 11.5 Å². The number of carbonyl (C=O) groups excluding carboxylic acids is 1. The zero-order chi connectivity index (χ0) is 17.9. The molecule has 0 spiro atoms.